The first kappa shape index (κ1) is 14.1. The van der Waals surface area contributed by atoms with E-state index in [2.05, 4.69) is 4.90 Å². The van der Waals surface area contributed by atoms with Gasteiger partial charge in [-0.25, -0.2) is 0 Å². The lowest BCUT2D eigenvalue weighted by Crippen LogP contribution is -2.46. The van der Waals surface area contributed by atoms with Crippen LogP contribution in [0, 0.1) is 0 Å². The van der Waals surface area contributed by atoms with Gasteiger partial charge in [-0.05, 0) is 27.9 Å². The molecule has 0 saturated carbocycles. The molecule has 0 heterocycles. The molecule has 0 unspecified atom stereocenters. The highest BCUT2D eigenvalue weighted by Crippen LogP contribution is 2.14. The Morgan fingerprint density at radius 2 is 1.57 bits per heavy atom. The van der Waals surface area contributed by atoms with Gasteiger partial charge >= 0.3 is 8.80 Å². The van der Waals surface area contributed by atoms with Crippen molar-refractivity contribution in [1.82, 2.24) is 4.90 Å². The van der Waals surface area contributed by atoms with Crippen LogP contribution in [-0.4, -0.2) is 54.7 Å². The third-order valence-corrected chi connectivity index (χ3v) is 4.82. The largest absolute Gasteiger partial charge is 0.501 e. The predicted molar refractivity (Wildman–Crippen MR) is 59.4 cm³/mol. The lowest BCUT2D eigenvalue weighted by molar-refractivity contribution is 0.0846. The molecule has 0 aromatic carbocycles. The van der Waals surface area contributed by atoms with Crippen LogP contribution in [0.4, 0.5) is 0 Å². The van der Waals surface area contributed by atoms with E-state index in [1.165, 1.54) is 0 Å². The van der Waals surface area contributed by atoms with Crippen LogP contribution in [-0.2, 0) is 13.3 Å². The summed E-state index contributed by atoms with van der Waals surface area (Å²) in [5.41, 5.74) is 0. The zero-order valence-corrected chi connectivity index (χ0v) is 11.0. The Balaban J connectivity index is 4.17. The van der Waals surface area contributed by atoms with Gasteiger partial charge in [-0.15, -0.1) is 0 Å². The van der Waals surface area contributed by atoms with Crippen molar-refractivity contribution in [2.45, 2.75) is 19.9 Å². The minimum atomic E-state index is -2.37. The van der Waals surface area contributed by atoms with E-state index in [4.69, 9.17) is 13.3 Å². The first-order chi connectivity index (χ1) is 6.60. The lowest BCUT2D eigenvalue weighted by atomic mass is 10.7. The highest BCUT2D eigenvalue weighted by molar-refractivity contribution is 6.60. The number of rotatable bonds is 8. The third-order valence-electron chi connectivity index (χ3n) is 1.90. The fraction of sp³-hybridized carbons (Fsp3) is 1.00. The molecule has 0 aromatic heterocycles. The second-order valence-corrected chi connectivity index (χ2v) is 6.16. The number of hydrogen-bond acceptors (Lipinski definition) is 4. The minimum absolute atomic E-state index is 0.646. The molecule has 0 N–H and O–H groups in total. The van der Waals surface area contributed by atoms with Crippen LogP contribution in [0.5, 0.6) is 0 Å². The first-order valence-corrected chi connectivity index (χ1v) is 7.01. The van der Waals surface area contributed by atoms with Crippen LogP contribution in [0.1, 0.15) is 13.8 Å². The first-order valence-electron chi connectivity index (χ1n) is 5.08. The maximum absolute atomic E-state index is 5.64. The maximum Gasteiger partial charge on any atom is 0.501 e. The molecule has 0 amide bonds. The van der Waals surface area contributed by atoms with Gasteiger partial charge < -0.3 is 18.2 Å². The fourth-order valence-corrected chi connectivity index (χ4v) is 3.62. The van der Waals surface area contributed by atoms with Gasteiger partial charge in [0.15, 0.2) is 0 Å². The molecule has 0 rings (SSSR count). The van der Waals surface area contributed by atoms with Crippen LogP contribution in [0.25, 0.3) is 0 Å². The number of hydrogen-bond donors (Lipinski definition) is 0. The molecule has 5 heteroatoms. The van der Waals surface area contributed by atoms with Crippen molar-refractivity contribution in [3.63, 3.8) is 0 Å². The van der Waals surface area contributed by atoms with E-state index in [1.54, 1.807) is 7.11 Å². The normalized spacial score (nSPS) is 12.4. The quantitative estimate of drug-likeness (QED) is 0.576. The van der Waals surface area contributed by atoms with Crippen molar-refractivity contribution < 1.29 is 13.3 Å². The van der Waals surface area contributed by atoms with Crippen LogP contribution < -0.4 is 0 Å². The van der Waals surface area contributed by atoms with Crippen molar-refractivity contribution in [2.75, 3.05) is 41.0 Å². The Kier molecular flexibility index (Phi) is 7.39. The summed E-state index contributed by atoms with van der Waals surface area (Å²) in [6.45, 7) is 6.16. The van der Waals surface area contributed by atoms with Crippen molar-refractivity contribution >= 4 is 8.80 Å². The van der Waals surface area contributed by atoms with Crippen LogP contribution in [0.2, 0.25) is 6.04 Å². The Bertz CT molecular complexity index is 138. The summed E-state index contributed by atoms with van der Waals surface area (Å²) in [5.74, 6) is 0. The molecule has 0 aliphatic rings. The Labute approximate surface area is 88.5 Å². The number of nitrogens with zero attached hydrogens (tertiary/aromatic N) is 1. The Morgan fingerprint density at radius 3 is 1.86 bits per heavy atom. The second kappa shape index (κ2) is 7.36. The van der Waals surface area contributed by atoms with Crippen molar-refractivity contribution in [1.29, 1.82) is 0 Å². The van der Waals surface area contributed by atoms with Crippen molar-refractivity contribution in [2.24, 2.45) is 0 Å². The molecular weight excluding hydrogens is 198 g/mol. The van der Waals surface area contributed by atoms with E-state index < -0.39 is 8.80 Å². The highest BCUT2D eigenvalue weighted by Gasteiger charge is 2.38. The smallest absolute Gasteiger partial charge is 0.377 e. The van der Waals surface area contributed by atoms with Gasteiger partial charge in [0.1, 0.15) is 0 Å². The van der Waals surface area contributed by atoms with Crippen LogP contribution in [0.15, 0.2) is 0 Å². The molecule has 0 aromatic rings. The van der Waals surface area contributed by atoms with Crippen molar-refractivity contribution in [3.05, 3.63) is 0 Å². The summed E-state index contributed by atoms with van der Waals surface area (Å²) in [5, 5.41) is 0. The molecule has 0 spiro atoms. The third kappa shape index (κ3) is 5.07. The van der Waals surface area contributed by atoms with Crippen LogP contribution >= 0.6 is 0 Å². The van der Waals surface area contributed by atoms with Gasteiger partial charge in [0.2, 0.25) is 0 Å². The molecular formula is C9H23NO3Si. The van der Waals surface area contributed by atoms with E-state index in [0.717, 1.165) is 12.6 Å². The van der Waals surface area contributed by atoms with Gasteiger partial charge in [0, 0.05) is 32.9 Å². The van der Waals surface area contributed by atoms with E-state index in [9.17, 15) is 0 Å². The van der Waals surface area contributed by atoms with Gasteiger partial charge in [0.25, 0.3) is 0 Å². The van der Waals surface area contributed by atoms with E-state index >= 15 is 0 Å². The van der Waals surface area contributed by atoms with Crippen LogP contribution in [0.3, 0.4) is 0 Å². The fourth-order valence-electron chi connectivity index (χ4n) is 1.21. The van der Waals surface area contributed by atoms with E-state index in [1.807, 2.05) is 27.9 Å². The summed E-state index contributed by atoms with van der Waals surface area (Å²) >= 11 is 0. The molecule has 0 atom stereocenters. The maximum atomic E-state index is 5.64. The molecule has 0 bridgehead atoms. The van der Waals surface area contributed by atoms with Crippen molar-refractivity contribution in [3.8, 4) is 0 Å². The summed E-state index contributed by atoms with van der Waals surface area (Å²) in [7, 11) is 3.37. The van der Waals surface area contributed by atoms with Gasteiger partial charge in [-0.3, -0.25) is 0 Å². The SMILES string of the molecule is CCO[Si](CCN(C)C)(OC)OCC. The topological polar surface area (TPSA) is 30.9 Å². The summed E-state index contributed by atoms with van der Waals surface area (Å²) in [6.07, 6.45) is 0. The summed E-state index contributed by atoms with van der Waals surface area (Å²) < 4.78 is 16.7. The molecule has 0 fully saturated rings. The molecule has 86 valence electrons. The molecule has 0 radical (unpaired) electrons. The second-order valence-electron chi connectivity index (χ2n) is 3.31. The molecule has 4 nitrogen and oxygen atoms in total. The summed E-state index contributed by atoms with van der Waals surface area (Å²) in [4.78, 5) is 2.11. The lowest BCUT2D eigenvalue weighted by Gasteiger charge is -2.28. The van der Waals surface area contributed by atoms with Gasteiger partial charge in [0.05, 0.1) is 0 Å². The zero-order valence-electron chi connectivity index (χ0n) is 10.0. The average molecular weight is 221 g/mol. The van der Waals surface area contributed by atoms with Gasteiger partial charge in [-0.1, -0.05) is 0 Å². The highest BCUT2D eigenvalue weighted by atomic mass is 28.4. The monoisotopic (exact) mass is 221 g/mol. The predicted octanol–water partition coefficient (Wildman–Crippen LogP) is 1.21. The van der Waals surface area contributed by atoms with E-state index in [-0.39, 0.29) is 0 Å². The molecule has 0 aliphatic heterocycles. The Hall–Kier alpha value is 0.0569. The average Bonchev–Trinajstić information content (AvgIpc) is 2.15. The standard InChI is InChI=1S/C9H23NO3Si/c1-6-12-14(11-5,13-7-2)9-8-10(3)4/h6-9H2,1-5H3. The van der Waals surface area contributed by atoms with Gasteiger partial charge in [-0.2, -0.15) is 0 Å². The Morgan fingerprint density at radius 1 is 1.07 bits per heavy atom. The molecule has 14 heavy (non-hydrogen) atoms. The zero-order chi connectivity index (χ0) is 11.0. The molecule has 0 aliphatic carbocycles. The summed E-state index contributed by atoms with van der Waals surface area (Å²) in [6, 6.07) is 0.845. The molecule has 0 saturated heterocycles. The minimum Gasteiger partial charge on any atom is -0.377 e. The van der Waals surface area contributed by atoms with E-state index in [0.29, 0.717) is 13.2 Å².